The number of methoxy groups -OCH3 is 1. The van der Waals surface area contributed by atoms with E-state index in [0.29, 0.717) is 25.1 Å². The quantitative estimate of drug-likeness (QED) is 0.504. The molecule has 3 aliphatic heterocycles. The zero-order chi connectivity index (χ0) is 25.7. The topological polar surface area (TPSA) is 85.3 Å². The number of aliphatic hydroxyl groups is 2. The van der Waals surface area contributed by atoms with Gasteiger partial charge in [-0.15, -0.1) is 0 Å². The Bertz CT molecular complexity index is 871. The van der Waals surface area contributed by atoms with Crippen LogP contribution in [0.2, 0.25) is 0 Å². The molecule has 1 amide bonds. The van der Waals surface area contributed by atoms with Crippen molar-refractivity contribution in [2.75, 3.05) is 46.5 Å². The molecule has 3 fully saturated rings. The first kappa shape index (κ1) is 27.5. The average Bonchev–Trinajstić information content (AvgIpc) is 2.92. The Morgan fingerprint density at radius 3 is 2.56 bits per heavy atom. The number of hydrogen-bond acceptors (Lipinski definition) is 6. The van der Waals surface area contributed by atoms with Crippen LogP contribution in [-0.2, 0) is 9.53 Å². The summed E-state index contributed by atoms with van der Waals surface area (Å²) in [5.41, 5.74) is 1.41. The Labute approximate surface area is 215 Å². The van der Waals surface area contributed by atoms with Gasteiger partial charge in [0.15, 0.2) is 0 Å². The molecule has 3 saturated heterocycles. The molecule has 0 saturated carbocycles. The number of likely N-dealkylation sites (tertiary alicyclic amines) is 2. The third-order valence-electron chi connectivity index (χ3n) is 8.90. The molecule has 202 valence electrons. The molecule has 36 heavy (non-hydrogen) atoms. The summed E-state index contributed by atoms with van der Waals surface area (Å²) in [6.07, 6.45) is 6.20. The number of nitrogens with one attached hydrogen (secondary N) is 1. The van der Waals surface area contributed by atoms with Crippen LogP contribution in [0.5, 0.6) is 0 Å². The van der Waals surface area contributed by atoms with E-state index in [9.17, 15) is 19.4 Å². The highest BCUT2D eigenvalue weighted by Gasteiger charge is 2.45. The fourth-order valence-corrected chi connectivity index (χ4v) is 6.83. The normalized spacial score (nSPS) is 30.8. The van der Waals surface area contributed by atoms with Crippen molar-refractivity contribution in [1.29, 1.82) is 0 Å². The number of rotatable bonds is 8. The number of carbonyl (C=O) groups excluding carboxylic acids is 1. The van der Waals surface area contributed by atoms with Gasteiger partial charge in [-0.25, -0.2) is 4.39 Å². The van der Waals surface area contributed by atoms with E-state index in [4.69, 9.17) is 4.74 Å². The monoisotopic (exact) mass is 505 g/mol. The average molecular weight is 506 g/mol. The van der Waals surface area contributed by atoms with Crippen LogP contribution in [0.25, 0.3) is 0 Å². The molecule has 7 nitrogen and oxygen atoms in total. The lowest BCUT2D eigenvalue weighted by molar-refractivity contribution is -0.146. The molecule has 0 radical (unpaired) electrons. The van der Waals surface area contributed by atoms with E-state index in [2.05, 4.69) is 10.2 Å². The standard InChI is InChI=1S/C28H44FN3O4/c1-19-22(10-7-11-25(19)29)27(36-2)14-23-24(28(35)32-13-6-4-9-21(32)18-34)15-30-16-26(23)31-12-5-3-8-20(31)17-33/h7,10-11,20-21,23-24,26-27,30,33-34H,3-6,8-9,12-18H2,1-2H3/t20-,21+,23?,24-,26+,27?/m0/s1. The van der Waals surface area contributed by atoms with Gasteiger partial charge in [0.25, 0.3) is 0 Å². The lowest BCUT2D eigenvalue weighted by Crippen LogP contribution is -2.63. The summed E-state index contributed by atoms with van der Waals surface area (Å²) in [6, 6.07) is 5.13. The minimum atomic E-state index is -0.339. The molecule has 6 atom stereocenters. The number of aliphatic hydroxyl groups excluding tert-OH is 2. The van der Waals surface area contributed by atoms with E-state index >= 15 is 0 Å². The molecule has 8 heteroatoms. The van der Waals surface area contributed by atoms with Crippen LogP contribution in [-0.4, -0.2) is 90.5 Å². The summed E-state index contributed by atoms with van der Waals surface area (Å²) in [7, 11) is 1.66. The number of halogens is 1. The number of hydrogen-bond donors (Lipinski definition) is 3. The largest absolute Gasteiger partial charge is 0.395 e. The third kappa shape index (κ3) is 5.78. The molecule has 1 aromatic rings. The van der Waals surface area contributed by atoms with Gasteiger partial charge in [0.1, 0.15) is 5.82 Å². The molecule has 4 rings (SSSR count). The van der Waals surface area contributed by atoms with Crippen LogP contribution in [0.4, 0.5) is 4.39 Å². The highest BCUT2D eigenvalue weighted by atomic mass is 19.1. The van der Waals surface area contributed by atoms with E-state index in [1.807, 2.05) is 11.0 Å². The van der Waals surface area contributed by atoms with Gasteiger partial charge in [0.2, 0.25) is 5.91 Å². The van der Waals surface area contributed by atoms with Crippen molar-refractivity contribution < 1.29 is 24.1 Å². The molecule has 0 aromatic heterocycles. The van der Waals surface area contributed by atoms with E-state index in [1.165, 1.54) is 6.07 Å². The predicted octanol–water partition coefficient (Wildman–Crippen LogP) is 2.64. The van der Waals surface area contributed by atoms with Crippen LogP contribution in [0.3, 0.4) is 0 Å². The Morgan fingerprint density at radius 2 is 1.83 bits per heavy atom. The SMILES string of the molecule is COC(CC1[C@@H](C(=O)N2CCCC[C@@H]2CO)CNC[C@H]1N1CCCC[C@H]1CO)c1cccc(F)c1C. The van der Waals surface area contributed by atoms with Crippen molar-refractivity contribution in [2.45, 2.75) is 76.1 Å². The fraction of sp³-hybridized carbons (Fsp3) is 0.750. The van der Waals surface area contributed by atoms with Crippen LogP contribution in [0, 0.1) is 24.6 Å². The highest BCUT2D eigenvalue weighted by Crippen LogP contribution is 2.38. The number of carbonyl (C=O) groups is 1. The zero-order valence-corrected chi connectivity index (χ0v) is 21.9. The first-order valence-corrected chi connectivity index (χ1v) is 13.8. The molecule has 1 aromatic carbocycles. The van der Waals surface area contributed by atoms with Crippen LogP contribution in [0.1, 0.15) is 62.2 Å². The van der Waals surface area contributed by atoms with Crippen molar-refractivity contribution in [2.24, 2.45) is 11.8 Å². The maximum atomic E-state index is 14.5. The summed E-state index contributed by atoms with van der Waals surface area (Å²) in [4.78, 5) is 18.4. The smallest absolute Gasteiger partial charge is 0.227 e. The predicted molar refractivity (Wildman–Crippen MR) is 137 cm³/mol. The summed E-state index contributed by atoms with van der Waals surface area (Å²) in [5, 5.41) is 23.7. The lowest BCUT2D eigenvalue weighted by Gasteiger charge is -2.50. The first-order chi connectivity index (χ1) is 17.5. The first-order valence-electron chi connectivity index (χ1n) is 13.8. The number of piperidine rings is 3. The molecule has 3 heterocycles. The van der Waals surface area contributed by atoms with Gasteiger partial charge in [0.05, 0.1) is 31.3 Å². The molecule has 3 N–H and O–H groups in total. The van der Waals surface area contributed by atoms with E-state index < -0.39 is 0 Å². The molecule has 0 aliphatic carbocycles. The third-order valence-corrected chi connectivity index (χ3v) is 8.90. The van der Waals surface area contributed by atoms with Gasteiger partial charge in [-0.2, -0.15) is 0 Å². The Hall–Kier alpha value is -1.58. The van der Waals surface area contributed by atoms with Gasteiger partial charge < -0.3 is 25.2 Å². The Balaban J connectivity index is 1.67. The molecule has 0 bridgehead atoms. The molecule has 2 unspecified atom stereocenters. The summed E-state index contributed by atoms with van der Waals surface area (Å²) in [5.74, 6) is -0.456. The van der Waals surface area contributed by atoms with E-state index in [1.54, 1.807) is 20.1 Å². The van der Waals surface area contributed by atoms with Crippen molar-refractivity contribution in [3.63, 3.8) is 0 Å². The molecular formula is C28H44FN3O4. The fourth-order valence-electron chi connectivity index (χ4n) is 6.83. The van der Waals surface area contributed by atoms with Gasteiger partial charge in [-0.05, 0) is 75.1 Å². The molecule has 3 aliphatic rings. The van der Waals surface area contributed by atoms with Crippen LogP contribution < -0.4 is 5.32 Å². The van der Waals surface area contributed by atoms with Crippen LogP contribution >= 0.6 is 0 Å². The minimum absolute atomic E-state index is 0.0120. The minimum Gasteiger partial charge on any atom is -0.395 e. The van der Waals surface area contributed by atoms with Crippen molar-refractivity contribution in [3.8, 4) is 0 Å². The van der Waals surface area contributed by atoms with Crippen molar-refractivity contribution in [3.05, 3.63) is 35.1 Å². The Kier molecular flexibility index (Phi) is 9.75. The molecule has 0 spiro atoms. The van der Waals surface area contributed by atoms with E-state index in [0.717, 1.165) is 57.2 Å². The van der Waals surface area contributed by atoms with Crippen molar-refractivity contribution in [1.82, 2.24) is 15.1 Å². The van der Waals surface area contributed by atoms with Gasteiger partial charge in [-0.1, -0.05) is 18.6 Å². The summed E-state index contributed by atoms with van der Waals surface area (Å²) in [6.45, 7) is 4.77. The van der Waals surface area contributed by atoms with Gasteiger partial charge in [0, 0.05) is 38.8 Å². The number of benzene rings is 1. The maximum absolute atomic E-state index is 14.5. The highest BCUT2D eigenvalue weighted by molar-refractivity contribution is 5.80. The number of nitrogens with zero attached hydrogens (tertiary/aromatic N) is 2. The zero-order valence-electron chi connectivity index (χ0n) is 21.9. The summed E-state index contributed by atoms with van der Waals surface area (Å²) < 4.78 is 20.4. The second-order valence-electron chi connectivity index (χ2n) is 10.8. The second kappa shape index (κ2) is 12.8. The van der Waals surface area contributed by atoms with Gasteiger partial charge >= 0.3 is 0 Å². The number of amides is 1. The van der Waals surface area contributed by atoms with Gasteiger partial charge in [-0.3, -0.25) is 9.69 Å². The van der Waals surface area contributed by atoms with Crippen LogP contribution in [0.15, 0.2) is 18.2 Å². The second-order valence-corrected chi connectivity index (χ2v) is 10.8. The lowest BCUT2D eigenvalue weighted by atomic mass is 9.75. The number of ether oxygens (including phenoxy) is 1. The van der Waals surface area contributed by atoms with Crippen molar-refractivity contribution >= 4 is 5.91 Å². The Morgan fingerprint density at radius 1 is 1.11 bits per heavy atom. The maximum Gasteiger partial charge on any atom is 0.227 e. The molecular weight excluding hydrogens is 461 g/mol. The summed E-state index contributed by atoms with van der Waals surface area (Å²) >= 11 is 0. The van der Waals surface area contributed by atoms with E-state index in [-0.39, 0.29) is 61.0 Å².